The number of halogens is 1. The molecule has 0 aromatic heterocycles. The van der Waals surface area contributed by atoms with E-state index in [4.69, 9.17) is 9.84 Å². The standard InChI is InChI=1S/C10H9FO4/c11-6-1-2-8-7(5-6)10(14,9(12)13)3-4-15-8/h1-2,5,14H,3-4H2,(H,12,13). The summed E-state index contributed by atoms with van der Waals surface area (Å²) in [6.07, 6.45) is -0.0845. The number of benzene rings is 1. The molecule has 0 saturated carbocycles. The number of aliphatic carboxylic acids is 1. The summed E-state index contributed by atoms with van der Waals surface area (Å²) in [6, 6.07) is 3.47. The van der Waals surface area contributed by atoms with E-state index >= 15 is 0 Å². The first-order valence-corrected chi connectivity index (χ1v) is 4.42. The van der Waals surface area contributed by atoms with Crippen molar-refractivity contribution < 1.29 is 24.1 Å². The summed E-state index contributed by atoms with van der Waals surface area (Å²) >= 11 is 0. The molecule has 1 aromatic rings. The zero-order valence-corrected chi connectivity index (χ0v) is 7.74. The SMILES string of the molecule is O=C(O)C1(O)CCOc2ccc(F)cc21. The Balaban J connectivity index is 2.59. The molecule has 0 fully saturated rings. The molecule has 1 unspecified atom stereocenters. The Morgan fingerprint density at radius 1 is 1.53 bits per heavy atom. The number of hydrogen-bond acceptors (Lipinski definition) is 3. The number of rotatable bonds is 1. The molecular formula is C10H9FO4. The molecule has 2 N–H and O–H groups in total. The highest BCUT2D eigenvalue weighted by molar-refractivity contribution is 5.80. The topological polar surface area (TPSA) is 66.8 Å². The largest absolute Gasteiger partial charge is 0.493 e. The van der Waals surface area contributed by atoms with Crippen molar-refractivity contribution in [2.24, 2.45) is 0 Å². The molecule has 80 valence electrons. The minimum absolute atomic E-state index is 0.0266. The van der Waals surface area contributed by atoms with E-state index in [1.807, 2.05) is 0 Å². The van der Waals surface area contributed by atoms with E-state index in [1.165, 1.54) is 6.07 Å². The van der Waals surface area contributed by atoms with E-state index in [9.17, 15) is 14.3 Å². The second kappa shape index (κ2) is 3.20. The van der Waals surface area contributed by atoms with Gasteiger partial charge >= 0.3 is 5.97 Å². The second-order valence-corrected chi connectivity index (χ2v) is 3.40. The van der Waals surface area contributed by atoms with Crippen LogP contribution in [0.4, 0.5) is 4.39 Å². The molecule has 4 nitrogen and oxygen atoms in total. The van der Waals surface area contributed by atoms with E-state index in [-0.39, 0.29) is 24.3 Å². The molecular weight excluding hydrogens is 203 g/mol. The summed E-state index contributed by atoms with van der Waals surface area (Å²) in [4.78, 5) is 10.9. The van der Waals surface area contributed by atoms with Crippen molar-refractivity contribution in [2.75, 3.05) is 6.61 Å². The van der Waals surface area contributed by atoms with Crippen LogP contribution in [0.2, 0.25) is 0 Å². The molecule has 1 aliphatic heterocycles. The van der Waals surface area contributed by atoms with Crippen LogP contribution in [0.1, 0.15) is 12.0 Å². The van der Waals surface area contributed by atoms with Crippen molar-refractivity contribution in [3.63, 3.8) is 0 Å². The molecule has 5 heteroatoms. The predicted octanol–water partition coefficient (Wildman–Crippen LogP) is 0.880. The smallest absolute Gasteiger partial charge is 0.340 e. The van der Waals surface area contributed by atoms with Crippen LogP contribution >= 0.6 is 0 Å². The fourth-order valence-electron chi connectivity index (χ4n) is 1.62. The quantitative estimate of drug-likeness (QED) is 0.725. The van der Waals surface area contributed by atoms with Crippen LogP contribution in [0.15, 0.2) is 18.2 Å². The third kappa shape index (κ3) is 1.45. The zero-order valence-electron chi connectivity index (χ0n) is 7.74. The van der Waals surface area contributed by atoms with Crippen molar-refractivity contribution in [2.45, 2.75) is 12.0 Å². The van der Waals surface area contributed by atoms with Gasteiger partial charge in [0.25, 0.3) is 0 Å². The average molecular weight is 212 g/mol. The Bertz CT molecular complexity index is 418. The van der Waals surface area contributed by atoms with Crippen LogP contribution in [-0.2, 0) is 10.4 Å². The van der Waals surface area contributed by atoms with Crippen molar-refractivity contribution in [1.82, 2.24) is 0 Å². The molecule has 0 spiro atoms. The van der Waals surface area contributed by atoms with Gasteiger partial charge in [-0.25, -0.2) is 9.18 Å². The Labute approximate surface area is 84.9 Å². The van der Waals surface area contributed by atoms with E-state index in [0.717, 1.165) is 12.1 Å². The second-order valence-electron chi connectivity index (χ2n) is 3.40. The van der Waals surface area contributed by atoms with Gasteiger partial charge in [-0.2, -0.15) is 0 Å². The van der Waals surface area contributed by atoms with Crippen LogP contribution in [0, 0.1) is 5.82 Å². The molecule has 1 aromatic carbocycles. The summed E-state index contributed by atoms with van der Waals surface area (Å²) in [5.41, 5.74) is -2.07. The molecule has 1 atom stereocenters. The summed E-state index contributed by atoms with van der Waals surface area (Å²) in [6.45, 7) is 0.0986. The molecule has 0 amide bonds. The lowest BCUT2D eigenvalue weighted by molar-refractivity contribution is -0.162. The number of carbonyl (C=O) groups is 1. The van der Waals surface area contributed by atoms with Crippen LogP contribution in [0.25, 0.3) is 0 Å². The van der Waals surface area contributed by atoms with Gasteiger partial charge in [0.05, 0.1) is 6.61 Å². The van der Waals surface area contributed by atoms with Gasteiger partial charge < -0.3 is 14.9 Å². The van der Waals surface area contributed by atoms with E-state index in [2.05, 4.69) is 0 Å². The van der Waals surface area contributed by atoms with Gasteiger partial charge in [0.2, 0.25) is 0 Å². The Kier molecular flexibility index (Phi) is 2.12. The third-order valence-corrected chi connectivity index (χ3v) is 2.46. The zero-order chi connectivity index (χ0) is 11.1. The number of fused-ring (bicyclic) bond motifs is 1. The van der Waals surface area contributed by atoms with Crippen molar-refractivity contribution in [3.05, 3.63) is 29.6 Å². The lowest BCUT2D eigenvalue weighted by atomic mass is 9.88. The lowest BCUT2D eigenvalue weighted by Crippen LogP contribution is -2.40. The molecule has 1 heterocycles. The molecule has 15 heavy (non-hydrogen) atoms. The molecule has 2 rings (SSSR count). The van der Waals surface area contributed by atoms with E-state index < -0.39 is 17.4 Å². The maximum atomic E-state index is 12.9. The first kappa shape index (κ1) is 9.92. The number of ether oxygens (including phenoxy) is 1. The maximum absolute atomic E-state index is 12.9. The summed E-state index contributed by atoms with van der Waals surface area (Å²) in [5, 5.41) is 18.8. The molecule has 0 bridgehead atoms. The monoisotopic (exact) mass is 212 g/mol. The Hall–Kier alpha value is -1.62. The highest BCUT2D eigenvalue weighted by Gasteiger charge is 2.43. The fourth-order valence-corrected chi connectivity index (χ4v) is 1.62. The first-order chi connectivity index (χ1) is 7.04. The van der Waals surface area contributed by atoms with Crippen molar-refractivity contribution in [1.29, 1.82) is 0 Å². The molecule has 0 radical (unpaired) electrons. The van der Waals surface area contributed by atoms with Gasteiger partial charge in [0.15, 0.2) is 5.60 Å². The summed E-state index contributed by atoms with van der Waals surface area (Å²) in [5.74, 6) is -1.77. The van der Waals surface area contributed by atoms with E-state index in [1.54, 1.807) is 0 Å². The summed E-state index contributed by atoms with van der Waals surface area (Å²) in [7, 11) is 0. The van der Waals surface area contributed by atoms with Crippen LogP contribution < -0.4 is 4.74 Å². The average Bonchev–Trinajstić information content (AvgIpc) is 2.19. The maximum Gasteiger partial charge on any atom is 0.340 e. The number of hydrogen-bond donors (Lipinski definition) is 2. The van der Waals surface area contributed by atoms with Gasteiger partial charge in [-0.1, -0.05) is 0 Å². The van der Waals surface area contributed by atoms with E-state index in [0.29, 0.717) is 0 Å². The van der Waals surface area contributed by atoms with Crippen LogP contribution in [-0.4, -0.2) is 22.8 Å². The van der Waals surface area contributed by atoms with Crippen LogP contribution in [0.5, 0.6) is 5.75 Å². The van der Waals surface area contributed by atoms with Gasteiger partial charge in [0.1, 0.15) is 11.6 Å². The number of carboxylic acid groups (broad SMARTS) is 1. The third-order valence-electron chi connectivity index (χ3n) is 2.46. The van der Waals surface area contributed by atoms with Gasteiger partial charge in [-0.15, -0.1) is 0 Å². The molecule has 1 aliphatic rings. The highest BCUT2D eigenvalue weighted by atomic mass is 19.1. The minimum Gasteiger partial charge on any atom is -0.493 e. The normalized spacial score (nSPS) is 24.1. The lowest BCUT2D eigenvalue weighted by Gasteiger charge is -2.30. The minimum atomic E-state index is -2.05. The van der Waals surface area contributed by atoms with Gasteiger partial charge in [-0.3, -0.25) is 0 Å². The Morgan fingerprint density at radius 2 is 2.27 bits per heavy atom. The number of aliphatic hydroxyl groups is 1. The summed E-state index contributed by atoms with van der Waals surface area (Å²) < 4.78 is 18.1. The Morgan fingerprint density at radius 3 is 2.93 bits per heavy atom. The predicted molar refractivity (Wildman–Crippen MR) is 48.0 cm³/mol. The molecule has 0 saturated heterocycles. The van der Waals surface area contributed by atoms with Gasteiger partial charge in [-0.05, 0) is 18.2 Å². The number of carboxylic acids is 1. The van der Waals surface area contributed by atoms with Crippen molar-refractivity contribution >= 4 is 5.97 Å². The molecule has 0 aliphatic carbocycles. The highest BCUT2D eigenvalue weighted by Crippen LogP contribution is 2.37. The fraction of sp³-hybridized carbons (Fsp3) is 0.300. The first-order valence-electron chi connectivity index (χ1n) is 4.42. The van der Waals surface area contributed by atoms with Gasteiger partial charge in [0, 0.05) is 12.0 Å². The van der Waals surface area contributed by atoms with Crippen LogP contribution in [0.3, 0.4) is 0 Å². The van der Waals surface area contributed by atoms with Crippen molar-refractivity contribution in [3.8, 4) is 5.75 Å².